The third kappa shape index (κ3) is 5.21. The number of aromatic nitrogens is 2. The number of hydrogen-bond acceptors (Lipinski definition) is 5. The molecule has 8 nitrogen and oxygen atoms in total. The van der Waals surface area contributed by atoms with Crippen LogP contribution in [0, 0.1) is 0 Å². The predicted molar refractivity (Wildman–Crippen MR) is 118 cm³/mol. The lowest BCUT2D eigenvalue weighted by Gasteiger charge is -2.25. The molecule has 1 aromatic carbocycles. The number of nitrogens with zero attached hydrogens (tertiary/aromatic N) is 3. The van der Waals surface area contributed by atoms with Gasteiger partial charge in [0.15, 0.2) is 11.5 Å². The summed E-state index contributed by atoms with van der Waals surface area (Å²) in [4.78, 5) is 27.8. The maximum atomic E-state index is 12.8. The lowest BCUT2D eigenvalue weighted by atomic mass is 10.1. The molecule has 0 bridgehead atoms. The van der Waals surface area contributed by atoms with Gasteiger partial charge in [0, 0.05) is 18.4 Å². The van der Waals surface area contributed by atoms with Crippen LogP contribution in [0.3, 0.4) is 0 Å². The predicted octanol–water partition coefficient (Wildman–Crippen LogP) is 3.99. The summed E-state index contributed by atoms with van der Waals surface area (Å²) in [5, 5.41) is 9.89. The Hall–Kier alpha value is -3.39. The number of nitrogens with one attached hydrogen (secondary N) is 2. The summed E-state index contributed by atoms with van der Waals surface area (Å²) in [7, 11) is 0. The van der Waals surface area contributed by atoms with Crippen LogP contribution in [0.1, 0.15) is 53.0 Å². The van der Waals surface area contributed by atoms with Crippen molar-refractivity contribution in [2.24, 2.45) is 0 Å². The maximum absolute atomic E-state index is 12.8. The SMILES string of the molecule is CCn1cc(NC(=O)c2ccc(CN3CCCCC3)o2)c(C(=O)Nc2ccccc2)n1. The number of furan rings is 1. The van der Waals surface area contributed by atoms with Crippen molar-refractivity contribution in [3.05, 3.63) is 65.9 Å². The van der Waals surface area contributed by atoms with Crippen LogP contribution >= 0.6 is 0 Å². The number of para-hydroxylation sites is 1. The molecule has 0 saturated carbocycles. The highest BCUT2D eigenvalue weighted by Crippen LogP contribution is 2.20. The van der Waals surface area contributed by atoms with Gasteiger partial charge in [-0.1, -0.05) is 24.6 Å². The summed E-state index contributed by atoms with van der Waals surface area (Å²) in [6, 6.07) is 12.6. The smallest absolute Gasteiger partial charge is 0.291 e. The number of rotatable bonds is 7. The number of amides is 2. The summed E-state index contributed by atoms with van der Waals surface area (Å²) in [6.07, 6.45) is 5.32. The van der Waals surface area contributed by atoms with E-state index in [-0.39, 0.29) is 17.4 Å². The summed E-state index contributed by atoms with van der Waals surface area (Å²) >= 11 is 0. The first-order valence-electron chi connectivity index (χ1n) is 10.7. The second kappa shape index (κ2) is 9.61. The summed E-state index contributed by atoms with van der Waals surface area (Å²) in [5.41, 5.74) is 1.15. The van der Waals surface area contributed by atoms with E-state index in [4.69, 9.17) is 4.42 Å². The number of anilines is 2. The van der Waals surface area contributed by atoms with Crippen molar-refractivity contribution in [2.45, 2.75) is 39.3 Å². The molecule has 8 heteroatoms. The van der Waals surface area contributed by atoms with Crippen LogP contribution < -0.4 is 10.6 Å². The van der Waals surface area contributed by atoms with Crippen molar-refractivity contribution in [1.82, 2.24) is 14.7 Å². The molecule has 1 aliphatic heterocycles. The molecule has 1 saturated heterocycles. The van der Waals surface area contributed by atoms with Gasteiger partial charge in [0.25, 0.3) is 11.8 Å². The van der Waals surface area contributed by atoms with Gasteiger partial charge >= 0.3 is 0 Å². The number of likely N-dealkylation sites (tertiary alicyclic amines) is 1. The Morgan fingerprint density at radius 1 is 1.00 bits per heavy atom. The van der Waals surface area contributed by atoms with E-state index >= 15 is 0 Å². The second-order valence-corrected chi connectivity index (χ2v) is 7.62. The fraction of sp³-hybridized carbons (Fsp3) is 0.348. The molecule has 2 N–H and O–H groups in total. The monoisotopic (exact) mass is 421 g/mol. The van der Waals surface area contributed by atoms with Crippen LogP contribution in [0.2, 0.25) is 0 Å². The van der Waals surface area contributed by atoms with E-state index in [0.717, 1.165) is 18.8 Å². The molecule has 1 fully saturated rings. The number of aryl methyl sites for hydroxylation is 1. The van der Waals surface area contributed by atoms with Gasteiger partial charge in [-0.3, -0.25) is 19.2 Å². The number of benzene rings is 1. The van der Waals surface area contributed by atoms with Crippen LogP contribution in [-0.2, 0) is 13.1 Å². The van der Waals surface area contributed by atoms with Crippen LogP contribution in [0.5, 0.6) is 0 Å². The van der Waals surface area contributed by atoms with E-state index in [1.165, 1.54) is 19.3 Å². The first kappa shape index (κ1) is 20.9. The van der Waals surface area contributed by atoms with Crippen molar-refractivity contribution in [3.63, 3.8) is 0 Å². The lowest BCUT2D eigenvalue weighted by molar-refractivity contribution is 0.0992. The molecule has 4 rings (SSSR count). The zero-order valence-electron chi connectivity index (χ0n) is 17.6. The van der Waals surface area contributed by atoms with E-state index in [9.17, 15) is 9.59 Å². The number of hydrogen-bond donors (Lipinski definition) is 2. The van der Waals surface area contributed by atoms with Crippen LogP contribution in [0.4, 0.5) is 11.4 Å². The maximum Gasteiger partial charge on any atom is 0.291 e. The van der Waals surface area contributed by atoms with Gasteiger partial charge in [0.1, 0.15) is 5.76 Å². The molecule has 1 aliphatic rings. The molecule has 2 amide bonds. The molecule has 0 atom stereocenters. The highest BCUT2D eigenvalue weighted by molar-refractivity contribution is 6.10. The van der Waals surface area contributed by atoms with Crippen LogP contribution in [0.25, 0.3) is 0 Å². The Balaban J connectivity index is 1.45. The van der Waals surface area contributed by atoms with Crippen molar-refractivity contribution >= 4 is 23.2 Å². The van der Waals surface area contributed by atoms with E-state index in [2.05, 4.69) is 20.6 Å². The fourth-order valence-electron chi connectivity index (χ4n) is 3.66. The summed E-state index contributed by atoms with van der Waals surface area (Å²) in [5.74, 6) is 0.178. The minimum Gasteiger partial charge on any atom is -0.455 e. The average molecular weight is 422 g/mol. The highest BCUT2D eigenvalue weighted by Gasteiger charge is 2.21. The Morgan fingerprint density at radius 2 is 1.77 bits per heavy atom. The minimum absolute atomic E-state index is 0.152. The third-order valence-electron chi connectivity index (χ3n) is 5.29. The van der Waals surface area contributed by atoms with Crippen molar-refractivity contribution in [1.29, 1.82) is 0 Å². The van der Waals surface area contributed by atoms with Gasteiger partial charge in [-0.05, 0) is 57.1 Å². The zero-order valence-corrected chi connectivity index (χ0v) is 17.6. The molecule has 3 aromatic rings. The third-order valence-corrected chi connectivity index (χ3v) is 5.29. The van der Waals surface area contributed by atoms with Crippen LogP contribution in [0.15, 0.2) is 53.1 Å². The summed E-state index contributed by atoms with van der Waals surface area (Å²) in [6.45, 7) is 5.29. The van der Waals surface area contributed by atoms with Crippen molar-refractivity contribution < 1.29 is 14.0 Å². The molecular weight excluding hydrogens is 394 g/mol. The van der Waals surface area contributed by atoms with Gasteiger partial charge in [0.2, 0.25) is 0 Å². The number of piperidine rings is 1. The number of carbonyl (C=O) groups is 2. The largest absolute Gasteiger partial charge is 0.455 e. The molecule has 3 heterocycles. The van der Waals surface area contributed by atoms with E-state index < -0.39 is 5.91 Å². The Kier molecular flexibility index (Phi) is 6.47. The standard InChI is InChI=1S/C23H27N5O3/c1-2-28-16-19(21(26-28)23(30)24-17-9-5-3-6-10-17)25-22(29)20-12-11-18(31-20)15-27-13-7-4-8-14-27/h3,5-6,9-12,16H,2,4,7-8,13-15H2,1H3,(H,24,30)(H,25,29). The first-order chi connectivity index (χ1) is 15.1. The average Bonchev–Trinajstić information content (AvgIpc) is 3.42. The van der Waals surface area contributed by atoms with E-state index in [1.54, 1.807) is 29.1 Å². The molecule has 0 radical (unpaired) electrons. The van der Waals surface area contributed by atoms with Gasteiger partial charge in [0.05, 0.1) is 12.2 Å². The fourth-order valence-corrected chi connectivity index (χ4v) is 3.66. The van der Waals surface area contributed by atoms with Crippen molar-refractivity contribution in [3.8, 4) is 0 Å². The van der Waals surface area contributed by atoms with Gasteiger partial charge in [-0.2, -0.15) is 5.10 Å². The Morgan fingerprint density at radius 3 is 2.52 bits per heavy atom. The molecule has 31 heavy (non-hydrogen) atoms. The van der Waals surface area contributed by atoms with Crippen molar-refractivity contribution in [2.75, 3.05) is 23.7 Å². The second-order valence-electron chi connectivity index (χ2n) is 7.62. The molecule has 0 aliphatic carbocycles. The zero-order chi connectivity index (χ0) is 21.6. The Labute approximate surface area is 181 Å². The number of carbonyl (C=O) groups excluding carboxylic acids is 2. The molecule has 162 valence electrons. The van der Waals surface area contributed by atoms with Gasteiger partial charge < -0.3 is 15.1 Å². The first-order valence-corrected chi connectivity index (χ1v) is 10.7. The van der Waals surface area contributed by atoms with E-state index in [1.807, 2.05) is 31.2 Å². The Bertz CT molecular complexity index is 1030. The van der Waals surface area contributed by atoms with Gasteiger partial charge in [-0.15, -0.1) is 0 Å². The normalized spacial score (nSPS) is 14.4. The van der Waals surface area contributed by atoms with E-state index in [0.29, 0.717) is 24.5 Å². The molecule has 0 unspecified atom stereocenters. The van der Waals surface area contributed by atoms with Gasteiger partial charge in [-0.25, -0.2) is 0 Å². The van der Waals surface area contributed by atoms with Crippen LogP contribution in [-0.4, -0.2) is 39.6 Å². The lowest BCUT2D eigenvalue weighted by Crippen LogP contribution is -2.28. The quantitative estimate of drug-likeness (QED) is 0.602. The highest BCUT2D eigenvalue weighted by atomic mass is 16.4. The topological polar surface area (TPSA) is 92.4 Å². The molecular formula is C23H27N5O3. The summed E-state index contributed by atoms with van der Waals surface area (Å²) < 4.78 is 7.38. The molecule has 2 aromatic heterocycles. The minimum atomic E-state index is -0.408. The molecule has 0 spiro atoms.